The predicted octanol–water partition coefficient (Wildman–Crippen LogP) is 4.90. The van der Waals surface area contributed by atoms with Crippen LogP contribution in [-0.2, 0) is 27.0 Å². The van der Waals surface area contributed by atoms with Crippen LogP contribution in [0, 0.1) is 0 Å². The summed E-state index contributed by atoms with van der Waals surface area (Å²) in [4.78, 5) is 34.9. The Morgan fingerprint density at radius 2 is 1.92 bits per heavy atom. The van der Waals surface area contributed by atoms with Gasteiger partial charge in [-0.1, -0.05) is 68.0 Å². The van der Waals surface area contributed by atoms with Gasteiger partial charge in [0.25, 0.3) is 11.8 Å². The maximum Gasteiger partial charge on any atom is 0.273 e. The van der Waals surface area contributed by atoms with Gasteiger partial charge in [-0.05, 0) is 38.0 Å². The number of benzene rings is 2. The molecule has 7 rings (SSSR count). The molecule has 3 atom stereocenters. The molecule has 0 aliphatic carbocycles. The number of amides is 2. The van der Waals surface area contributed by atoms with Gasteiger partial charge in [0.05, 0.1) is 0 Å². The molecule has 7 nitrogen and oxygen atoms in total. The van der Waals surface area contributed by atoms with E-state index in [9.17, 15) is 14.7 Å². The Bertz CT molecular complexity index is 1670. The summed E-state index contributed by atoms with van der Waals surface area (Å²) in [6.45, 7) is 8.31. The number of aromatic nitrogens is 1. The Morgan fingerprint density at radius 1 is 1.13 bits per heavy atom. The number of carbonyl (C=O) groups is 2. The first-order chi connectivity index (χ1) is 18.6. The number of carbonyl (C=O) groups excluding carboxylic acids is 2. The van der Waals surface area contributed by atoms with E-state index in [0.29, 0.717) is 5.70 Å². The number of rotatable bonds is 2. The van der Waals surface area contributed by atoms with Crippen molar-refractivity contribution in [3.8, 4) is 0 Å². The van der Waals surface area contributed by atoms with Crippen LogP contribution >= 0.6 is 0 Å². The highest BCUT2D eigenvalue weighted by Crippen LogP contribution is 2.52. The van der Waals surface area contributed by atoms with Crippen LogP contribution in [0.2, 0.25) is 0 Å². The number of nitrogens with zero attached hydrogens (tertiary/aromatic N) is 2. The van der Waals surface area contributed by atoms with Crippen molar-refractivity contribution in [2.75, 3.05) is 5.32 Å². The summed E-state index contributed by atoms with van der Waals surface area (Å²) in [5.74, 6) is -0.477. The highest BCUT2D eigenvalue weighted by atomic mass is 16.3. The second-order valence-electron chi connectivity index (χ2n) is 12.0. The summed E-state index contributed by atoms with van der Waals surface area (Å²) in [6, 6.07) is 13.1. The van der Waals surface area contributed by atoms with Crippen LogP contribution in [-0.4, -0.2) is 43.9 Å². The molecule has 2 aromatic carbocycles. The Labute approximate surface area is 227 Å². The van der Waals surface area contributed by atoms with Crippen LogP contribution in [0.3, 0.4) is 0 Å². The minimum Gasteiger partial charge on any atom is -0.381 e. The molecule has 1 aromatic heterocycles. The summed E-state index contributed by atoms with van der Waals surface area (Å²) in [6.07, 6.45) is 7.84. The molecule has 0 unspecified atom stereocenters. The van der Waals surface area contributed by atoms with Crippen LogP contribution in [0.25, 0.3) is 17.0 Å². The van der Waals surface area contributed by atoms with Gasteiger partial charge >= 0.3 is 0 Å². The third-order valence-electron chi connectivity index (χ3n) is 8.75. The maximum atomic E-state index is 14.3. The Kier molecular flexibility index (Phi) is 4.89. The summed E-state index contributed by atoms with van der Waals surface area (Å²) in [7, 11) is 0. The number of hydrogen-bond donors (Lipinski definition) is 3. The SMILES string of the molecule is CC(C)=CCc1cccc2c1N[C@H]1N3C(=O)/C4=C/c5c([nH]c6ccccc56)C(C)(C)/C=C\N4C(=O)[C@H]3C[C@@]21O. The summed E-state index contributed by atoms with van der Waals surface area (Å²) < 4.78 is 0. The van der Waals surface area contributed by atoms with Crippen molar-refractivity contribution in [1.82, 2.24) is 14.8 Å². The van der Waals surface area contributed by atoms with E-state index in [1.807, 2.05) is 54.6 Å². The normalized spacial score (nSPS) is 28.3. The lowest BCUT2D eigenvalue weighted by atomic mass is 9.85. The lowest BCUT2D eigenvalue weighted by Gasteiger charge is -2.40. The molecule has 4 aliphatic heterocycles. The van der Waals surface area contributed by atoms with Gasteiger partial charge in [0, 0.05) is 51.4 Å². The molecule has 7 heteroatoms. The second-order valence-corrected chi connectivity index (χ2v) is 12.0. The lowest BCUT2D eigenvalue weighted by molar-refractivity contribution is -0.148. The first kappa shape index (κ1) is 24.0. The zero-order valence-electron chi connectivity index (χ0n) is 22.6. The number of hydrogen-bond acceptors (Lipinski definition) is 4. The van der Waals surface area contributed by atoms with E-state index in [1.54, 1.807) is 11.1 Å². The van der Waals surface area contributed by atoms with Crippen molar-refractivity contribution < 1.29 is 14.7 Å². The van der Waals surface area contributed by atoms with Crippen LogP contribution in [0.5, 0.6) is 0 Å². The molecular formula is C32H32N4O3. The molecule has 2 fully saturated rings. The molecule has 2 amide bonds. The standard InChI is InChI=1S/C32H32N4O3/c1-18(2)12-13-19-8-7-10-22-26(19)34-30-32(22,39)17-25-28(37)35-15-14-31(3,4)27-21(16-24(35)29(38)36(25)30)20-9-5-6-11-23(20)33-27/h5-12,14-16,25,30,33-34,39H,13,17H2,1-4H3/b15-14-,24-16-/t25-,30+,32-/m1/s1. The number of fused-ring (bicyclic) bond motifs is 9. The summed E-state index contributed by atoms with van der Waals surface area (Å²) in [5, 5.41) is 16.5. The molecule has 5 heterocycles. The molecule has 0 radical (unpaired) electrons. The number of H-pyrrole nitrogens is 1. The zero-order chi connectivity index (χ0) is 27.3. The molecule has 2 saturated heterocycles. The van der Waals surface area contributed by atoms with Gasteiger partial charge in [0.15, 0.2) is 0 Å². The first-order valence-corrected chi connectivity index (χ1v) is 13.5. The van der Waals surface area contributed by atoms with Crippen molar-refractivity contribution in [3.05, 3.63) is 94.5 Å². The number of nitrogens with one attached hydrogen (secondary N) is 2. The molecular weight excluding hydrogens is 488 g/mol. The topological polar surface area (TPSA) is 88.7 Å². The van der Waals surface area contributed by atoms with Crippen molar-refractivity contribution in [1.29, 1.82) is 0 Å². The van der Waals surface area contributed by atoms with Crippen molar-refractivity contribution >= 4 is 34.5 Å². The third-order valence-corrected chi connectivity index (χ3v) is 8.75. The Hall–Kier alpha value is -4.10. The van der Waals surface area contributed by atoms with Crippen LogP contribution in [0.1, 0.15) is 56.5 Å². The highest BCUT2D eigenvalue weighted by molar-refractivity contribution is 6.10. The van der Waals surface area contributed by atoms with Gasteiger partial charge in [-0.3, -0.25) is 14.5 Å². The van der Waals surface area contributed by atoms with E-state index in [0.717, 1.165) is 45.4 Å². The third kappa shape index (κ3) is 3.26. The van der Waals surface area contributed by atoms with Crippen molar-refractivity contribution in [2.45, 2.75) is 63.8 Å². The highest BCUT2D eigenvalue weighted by Gasteiger charge is 2.63. The number of allylic oxidation sites excluding steroid dienone is 3. The number of aromatic amines is 1. The molecule has 3 aromatic rings. The fourth-order valence-electron chi connectivity index (χ4n) is 6.68. The van der Waals surface area contributed by atoms with E-state index < -0.39 is 23.2 Å². The molecule has 4 aliphatic rings. The van der Waals surface area contributed by atoms with Gasteiger partial charge in [0.1, 0.15) is 23.5 Å². The maximum absolute atomic E-state index is 14.3. The number of aliphatic hydroxyl groups is 1. The summed E-state index contributed by atoms with van der Waals surface area (Å²) >= 11 is 0. The largest absolute Gasteiger partial charge is 0.381 e. The van der Waals surface area contributed by atoms with E-state index >= 15 is 0 Å². The zero-order valence-corrected chi connectivity index (χ0v) is 22.6. The quantitative estimate of drug-likeness (QED) is 0.419. The molecule has 0 spiro atoms. The van der Waals surface area contributed by atoms with Gasteiger partial charge in [-0.2, -0.15) is 0 Å². The van der Waals surface area contributed by atoms with E-state index in [1.165, 1.54) is 10.5 Å². The van der Waals surface area contributed by atoms with Gasteiger partial charge < -0.3 is 20.3 Å². The molecule has 198 valence electrons. The average Bonchev–Trinajstić information content (AvgIpc) is 3.51. The van der Waals surface area contributed by atoms with E-state index in [2.05, 4.69) is 44.1 Å². The number of piperazine rings is 1. The summed E-state index contributed by atoms with van der Waals surface area (Å²) in [5.41, 5.74) is 5.29. The van der Waals surface area contributed by atoms with Gasteiger partial charge in [-0.25, -0.2) is 0 Å². The molecule has 0 saturated carbocycles. The van der Waals surface area contributed by atoms with Crippen LogP contribution in [0.15, 0.2) is 72.1 Å². The number of para-hydroxylation sites is 2. The second kappa shape index (κ2) is 7.96. The van der Waals surface area contributed by atoms with E-state index in [4.69, 9.17) is 0 Å². The average molecular weight is 521 g/mol. The smallest absolute Gasteiger partial charge is 0.273 e. The van der Waals surface area contributed by atoms with E-state index in [-0.39, 0.29) is 18.2 Å². The number of anilines is 1. The minimum absolute atomic E-state index is 0.147. The fraction of sp³-hybridized carbons (Fsp3) is 0.312. The molecule has 3 N–H and O–H groups in total. The Balaban J connectivity index is 1.35. The molecule has 39 heavy (non-hydrogen) atoms. The molecule has 0 bridgehead atoms. The first-order valence-electron chi connectivity index (χ1n) is 13.5. The van der Waals surface area contributed by atoms with Gasteiger partial charge in [-0.15, -0.1) is 0 Å². The monoisotopic (exact) mass is 520 g/mol. The van der Waals surface area contributed by atoms with Gasteiger partial charge in [0.2, 0.25) is 0 Å². The van der Waals surface area contributed by atoms with Crippen LogP contribution < -0.4 is 5.32 Å². The lowest BCUT2D eigenvalue weighted by Crippen LogP contribution is -2.58. The predicted molar refractivity (Wildman–Crippen MR) is 151 cm³/mol. The Morgan fingerprint density at radius 3 is 2.72 bits per heavy atom. The van der Waals surface area contributed by atoms with Crippen molar-refractivity contribution in [3.63, 3.8) is 0 Å². The minimum atomic E-state index is -1.36. The van der Waals surface area contributed by atoms with Crippen molar-refractivity contribution in [2.24, 2.45) is 0 Å². The fourth-order valence-corrected chi connectivity index (χ4v) is 6.68. The van der Waals surface area contributed by atoms with Crippen LogP contribution in [0.4, 0.5) is 5.69 Å².